The van der Waals surface area contributed by atoms with Crippen LogP contribution < -0.4 is 19.5 Å². The summed E-state index contributed by atoms with van der Waals surface area (Å²) in [5, 5.41) is 3.42. The summed E-state index contributed by atoms with van der Waals surface area (Å²) < 4.78 is 26.0. The third-order valence-corrected chi connectivity index (χ3v) is 4.24. The zero-order valence-electron chi connectivity index (χ0n) is 16.3. The molecule has 8 nitrogen and oxygen atoms in total. The van der Waals surface area contributed by atoms with Crippen molar-refractivity contribution in [1.82, 2.24) is 0 Å². The van der Waals surface area contributed by atoms with Crippen LogP contribution >= 0.6 is 0 Å². The second-order valence-electron chi connectivity index (χ2n) is 6.07. The van der Waals surface area contributed by atoms with E-state index in [-0.39, 0.29) is 6.42 Å². The van der Waals surface area contributed by atoms with Gasteiger partial charge in [0.1, 0.15) is 22.8 Å². The molecule has 0 atom stereocenters. The molecule has 1 amide bonds. The average Bonchev–Trinajstić information content (AvgIpc) is 3.13. The Morgan fingerprint density at radius 3 is 2.41 bits per heavy atom. The van der Waals surface area contributed by atoms with E-state index < -0.39 is 18.5 Å². The van der Waals surface area contributed by atoms with Crippen molar-refractivity contribution < 1.29 is 33.0 Å². The topological polar surface area (TPSA) is 96.2 Å². The number of methoxy groups -OCH3 is 3. The van der Waals surface area contributed by atoms with Crippen LogP contribution in [0.2, 0.25) is 0 Å². The number of furan rings is 1. The lowest BCUT2D eigenvalue weighted by atomic mass is 10.1. The molecule has 29 heavy (non-hydrogen) atoms. The molecule has 8 heteroatoms. The van der Waals surface area contributed by atoms with E-state index >= 15 is 0 Å². The highest BCUT2D eigenvalue weighted by Crippen LogP contribution is 2.29. The third-order valence-electron chi connectivity index (χ3n) is 4.24. The van der Waals surface area contributed by atoms with Crippen LogP contribution in [0.5, 0.6) is 17.2 Å². The molecular formula is C21H21NO7. The number of benzene rings is 2. The van der Waals surface area contributed by atoms with Gasteiger partial charge in [0.2, 0.25) is 0 Å². The zero-order chi connectivity index (χ0) is 20.8. The van der Waals surface area contributed by atoms with Crippen molar-refractivity contribution in [2.24, 2.45) is 0 Å². The molecule has 1 aromatic heterocycles. The van der Waals surface area contributed by atoms with Crippen molar-refractivity contribution in [2.45, 2.75) is 6.42 Å². The molecule has 152 valence electrons. The van der Waals surface area contributed by atoms with Gasteiger partial charge in [0.05, 0.1) is 39.7 Å². The number of nitrogens with one attached hydrogen (secondary N) is 1. The summed E-state index contributed by atoms with van der Waals surface area (Å²) >= 11 is 0. The fourth-order valence-electron chi connectivity index (χ4n) is 2.78. The molecule has 0 aliphatic heterocycles. The van der Waals surface area contributed by atoms with E-state index in [1.807, 2.05) is 6.07 Å². The normalized spacial score (nSPS) is 10.4. The number of fused-ring (bicyclic) bond motifs is 1. The fourth-order valence-corrected chi connectivity index (χ4v) is 2.78. The van der Waals surface area contributed by atoms with Crippen LogP contribution in [-0.2, 0) is 20.7 Å². The summed E-state index contributed by atoms with van der Waals surface area (Å²) in [4.78, 5) is 24.3. The van der Waals surface area contributed by atoms with Crippen LogP contribution in [0.25, 0.3) is 11.0 Å². The summed E-state index contributed by atoms with van der Waals surface area (Å²) in [5.74, 6) is 0.640. The Balaban J connectivity index is 1.58. The summed E-state index contributed by atoms with van der Waals surface area (Å²) in [5.41, 5.74) is 1.69. The molecule has 2 aromatic carbocycles. The highest BCUT2D eigenvalue weighted by Gasteiger charge is 2.15. The number of ether oxygens (including phenoxy) is 4. The Morgan fingerprint density at radius 1 is 0.966 bits per heavy atom. The molecular weight excluding hydrogens is 378 g/mol. The van der Waals surface area contributed by atoms with Gasteiger partial charge >= 0.3 is 5.97 Å². The standard InChI is InChI=1S/C21H21NO7/c1-25-14-5-7-18(27-3)17(9-14)22-20(23)12-29-21(24)8-13-11-28-19-10-15(26-2)4-6-16(13)19/h4-7,9-11H,8,12H2,1-3H3,(H,22,23). The molecule has 1 heterocycles. The van der Waals surface area contributed by atoms with E-state index in [2.05, 4.69) is 5.32 Å². The van der Waals surface area contributed by atoms with Gasteiger partial charge in [0.15, 0.2) is 6.61 Å². The molecule has 0 unspecified atom stereocenters. The number of rotatable bonds is 8. The first kappa shape index (κ1) is 20.1. The molecule has 0 saturated heterocycles. The number of hydrogen-bond donors (Lipinski definition) is 1. The minimum absolute atomic E-state index is 0.0188. The first-order valence-corrected chi connectivity index (χ1v) is 8.75. The average molecular weight is 399 g/mol. The zero-order valence-corrected chi connectivity index (χ0v) is 16.3. The van der Waals surface area contributed by atoms with Crippen molar-refractivity contribution in [3.63, 3.8) is 0 Å². The number of anilines is 1. The Labute approximate surface area is 167 Å². The van der Waals surface area contributed by atoms with Crippen LogP contribution in [0.3, 0.4) is 0 Å². The van der Waals surface area contributed by atoms with Gasteiger partial charge in [-0.1, -0.05) is 0 Å². The lowest BCUT2D eigenvalue weighted by Crippen LogP contribution is -2.22. The molecule has 0 spiro atoms. The highest BCUT2D eigenvalue weighted by molar-refractivity contribution is 5.95. The van der Waals surface area contributed by atoms with E-state index in [0.717, 1.165) is 5.39 Å². The lowest BCUT2D eigenvalue weighted by Gasteiger charge is -2.12. The van der Waals surface area contributed by atoms with Gasteiger partial charge in [-0.2, -0.15) is 0 Å². The first-order valence-electron chi connectivity index (χ1n) is 8.75. The molecule has 0 radical (unpaired) electrons. The Kier molecular flexibility index (Phi) is 6.23. The predicted octanol–water partition coefficient (Wildman–Crippen LogP) is 3.18. The van der Waals surface area contributed by atoms with Crippen molar-refractivity contribution >= 4 is 28.5 Å². The number of amides is 1. The SMILES string of the molecule is COc1ccc(OC)c(NC(=O)COC(=O)Cc2coc3cc(OC)ccc23)c1. The predicted molar refractivity (Wildman–Crippen MR) is 106 cm³/mol. The summed E-state index contributed by atoms with van der Waals surface area (Å²) in [6.07, 6.45) is 1.47. The van der Waals surface area contributed by atoms with Crippen molar-refractivity contribution in [3.8, 4) is 17.2 Å². The van der Waals surface area contributed by atoms with Crippen LogP contribution in [-0.4, -0.2) is 39.8 Å². The van der Waals surface area contributed by atoms with Crippen LogP contribution in [0.4, 0.5) is 5.69 Å². The van der Waals surface area contributed by atoms with Gasteiger partial charge in [-0.05, 0) is 24.3 Å². The molecule has 0 aliphatic carbocycles. The maximum Gasteiger partial charge on any atom is 0.310 e. The van der Waals surface area contributed by atoms with E-state index in [4.69, 9.17) is 23.4 Å². The van der Waals surface area contributed by atoms with Gasteiger partial charge < -0.3 is 28.7 Å². The maximum atomic E-state index is 12.2. The molecule has 0 bridgehead atoms. The third kappa shape index (κ3) is 4.78. The molecule has 0 fully saturated rings. The van der Waals surface area contributed by atoms with Gasteiger partial charge in [-0.3, -0.25) is 9.59 Å². The maximum absolute atomic E-state index is 12.2. The molecule has 0 aliphatic rings. The summed E-state index contributed by atoms with van der Waals surface area (Å²) in [7, 11) is 4.57. The fraction of sp³-hybridized carbons (Fsp3) is 0.238. The highest BCUT2D eigenvalue weighted by atomic mass is 16.5. The van der Waals surface area contributed by atoms with E-state index in [1.54, 1.807) is 37.4 Å². The molecule has 0 saturated carbocycles. The first-order chi connectivity index (χ1) is 14.0. The lowest BCUT2D eigenvalue weighted by molar-refractivity contribution is -0.146. The smallest absolute Gasteiger partial charge is 0.310 e. The van der Waals surface area contributed by atoms with Crippen LogP contribution in [0.15, 0.2) is 47.1 Å². The van der Waals surface area contributed by atoms with Gasteiger partial charge in [0.25, 0.3) is 5.91 Å². The summed E-state index contributed by atoms with van der Waals surface area (Å²) in [6, 6.07) is 10.3. The van der Waals surface area contributed by atoms with Crippen LogP contribution in [0.1, 0.15) is 5.56 Å². The quantitative estimate of drug-likeness (QED) is 0.581. The second kappa shape index (κ2) is 9.01. The number of hydrogen-bond acceptors (Lipinski definition) is 7. The Hall–Kier alpha value is -3.68. The monoisotopic (exact) mass is 399 g/mol. The molecule has 3 aromatic rings. The minimum Gasteiger partial charge on any atom is -0.497 e. The molecule has 3 rings (SSSR count). The Bertz CT molecular complexity index is 1030. The Morgan fingerprint density at radius 2 is 1.69 bits per heavy atom. The van der Waals surface area contributed by atoms with Gasteiger partial charge in [-0.15, -0.1) is 0 Å². The largest absolute Gasteiger partial charge is 0.497 e. The van der Waals surface area contributed by atoms with E-state index in [0.29, 0.717) is 34.1 Å². The van der Waals surface area contributed by atoms with Crippen LogP contribution in [0, 0.1) is 0 Å². The van der Waals surface area contributed by atoms with E-state index in [1.165, 1.54) is 20.5 Å². The van der Waals surface area contributed by atoms with Gasteiger partial charge in [0, 0.05) is 23.1 Å². The number of esters is 1. The van der Waals surface area contributed by atoms with Crippen molar-refractivity contribution in [3.05, 3.63) is 48.2 Å². The van der Waals surface area contributed by atoms with Gasteiger partial charge in [-0.25, -0.2) is 0 Å². The van der Waals surface area contributed by atoms with E-state index in [9.17, 15) is 9.59 Å². The molecule has 1 N–H and O–H groups in total. The second-order valence-corrected chi connectivity index (χ2v) is 6.07. The number of carbonyl (C=O) groups is 2. The van der Waals surface area contributed by atoms with Crippen molar-refractivity contribution in [1.29, 1.82) is 0 Å². The van der Waals surface area contributed by atoms with Crippen molar-refractivity contribution in [2.75, 3.05) is 33.3 Å². The summed E-state index contributed by atoms with van der Waals surface area (Å²) in [6.45, 7) is -0.428. The number of carbonyl (C=O) groups excluding carboxylic acids is 2. The minimum atomic E-state index is -0.545.